The van der Waals surface area contributed by atoms with E-state index in [1.54, 1.807) is 0 Å². The molecule has 0 spiro atoms. The van der Waals surface area contributed by atoms with E-state index in [-0.39, 0.29) is 6.29 Å². The van der Waals surface area contributed by atoms with E-state index in [1.165, 1.54) is 22.7 Å². The second-order valence-electron chi connectivity index (χ2n) is 3.31. The maximum atomic E-state index is 5.59. The van der Waals surface area contributed by atoms with Gasteiger partial charge in [0.05, 0.1) is 0 Å². The molecule has 0 aliphatic carbocycles. The molecule has 0 radical (unpaired) electrons. The molecule has 0 aromatic heterocycles. The van der Waals surface area contributed by atoms with Gasteiger partial charge in [-0.25, -0.2) is 0 Å². The van der Waals surface area contributed by atoms with Crippen LogP contribution in [0, 0.1) is 0 Å². The molecule has 0 heterocycles. The molecule has 0 bridgehead atoms. The summed E-state index contributed by atoms with van der Waals surface area (Å²) >= 11 is 0. The highest BCUT2D eigenvalue weighted by Crippen LogP contribution is 2.07. The standard InChI is InChI=1S/C10H24O2Si/c1-3-7-11-10(6-5-9-13)12-8-4-2/h10H,3-9H2,1-2,13H3. The lowest BCUT2D eigenvalue weighted by molar-refractivity contribution is -0.145. The molecule has 0 aliphatic rings. The van der Waals surface area contributed by atoms with Crippen LogP contribution in [0.15, 0.2) is 0 Å². The van der Waals surface area contributed by atoms with Crippen molar-refractivity contribution >= 4 is 10.2 Å². The first-order valence-corrected chi connectivity index (χ1v) is 6.99. The highest BCUT2D eigenvalue weighted by atomic mass is 28.1. The zero-order valence-corrected chi connectivity index (χ0v) is 11.3. The molecule has 0 aromatic rings. The van der Waals surface area contributed by atoms with E-state index >= 15 is 0 Å². The summed E-state index contributed by atoms with van der Waals surface area (Å²) in [6.07, 6.45) is 4.54. The van der Waals surface area contributed by atoms with Crippen LogP contribution in [0.2, 0.25) is 6.04 Å². The summed E-state index contributed by atoms with van der Waals surface area (Å²) in [4.78, 5) is 0. The molecule has 0 amide bonds. The molecule has 2 nitrogen and oxygen atoms in total. The quantitative estimate of drug-likeness (QED) is 0.421. The van der Waals surface area contributed by atoms with Gasteiger partial charge in [-0.1, -0.05) is 26.3 Å². The maximum absolute atomic E-state index is 5.59. The Labute approximate surface area is 85.4 Å². The van der Waals surface area contributed by atoms with E-state index in [1.807, 2.05) is 0 Å². The molecule has 0 aliphatic heterocycles. The van der Waals surface area contributed by atoms with Crippen molar-refractivity contribution in [1.82, 2.24) is 0 Å². The summed E-state index contributed by atoms with van der Waals surface area (Å²) < 4.78 is 11.2. The summed E-state index contributed by atoms with van der Waals surface area (Å²) in [5, 5.41) is 0. The molecule has 80 valence electrons. The Bertz CT molecular complexity index is 79.9. The van der Waals surface area contributed by atoms with Gasteiger partial charge in [0.15, 0.2) is 6.29 Å². The highest BCUT2D eigenvalue weighted by molar-refractivity contribution is 6.08. The van der Waals surface area contributed by atoms with E-state index in [4.69, 9.17) is 9.47 Å². The van der Waals surface area contributed by atoms with Crippen molar-refractivity contribution in [3.63, 3.8) is 0 Å². The van der Waals surface area contributed by atoms with Gasteiger partial charge in [0, 0.05) is 23.5 Å². The Hall–Kier alpha value is 0.137. The molecule has 0 N–H and O–H groups in total. The summed E-state index contributed by atoms with van der Waals surface area (Å²) in [5.74, 6) is 0. The first-order chi connectivity index (χ1) is 6.35. The zero-order chi connectivity index (χ0) is 9.94. The van der Waals surface area contributed by atoms with Gasteiger partial charge in [-0.2, -0.15) is 0 Å². The lowest BCUT2D eigenvalue weighted by Gasteiger charge is -2.17. The predicted octanol–water partition coefficient (Wildman–Crippen LogP) is 1.73. The summed E-state index contributed by atoms with van der Waals surface area (Å²) in [6.45, 7) is 5.91. The fraction of sp³-hybridized carbons (Fsp3) is 1.00. The van der Waals surface area contributed by atoms with Crippen molar-refractivity contribution < 1.29 is 9.47 Å². The molecule has 0 fully saturated rings. The minimum atomic E-state index is 0.0637. The number of hydrogen-bond donors (Lipinski definition) is 0. The Morgan fingerprint density at radius 2 is 1.62 bits per heavy atom. The third-order valence-electron chi connectivity index (χ3n) is 1.81. The van der Waals surface area contributed by atoms with Crippen molar-refractivity contribution in [1.29, 1.82) is 0 Å². The molecular formula is C10H24O2Si. The maximum Gasteiger partial charge on any atom is 0.157 e. The van der Waals surface area contributed by atoms with Crippen LogP contribution in [0.1, 0.15) is 39.5 Å². The SMILES string of the molecule is CCCOC(CCC[SiH3])OCCC. The molecule has 0 rings (SSSR count). The minimum Gasteiger partial charge on any atom is -0.353 e. The van der Waals surface area contributed by atoms with E-state index in [0.29, 0.717) is 0 Å². The number of ether oxygens (including phenoxy) is 2. The zero-order valence-electron chi connectivity index (χ0n) is 9.34. The Kier molecular flexibility index (Phi) is 10.3. The lowest BCUT2D eigenvalue weighted by atomic mass is 10.3. The first kappa shape index (κ1) is 13.1. The molecule has 0 saturated heterocycles. The second-order valence-corrected chi connectivity index (χ2v) is 4.31. The van der Waals surface area contributed by atoms with E-state index in [0.717, 1.165) is 32.5 Å². The number of rotatable bonds is 9. The van der Waals surface area contributed by atoms with Crippen molar-refractivity contribution in [3.05, 3.63) is 0 Å². The average molecular weight is 204 g/mol. The predicted molar refractivity (Wildman–Crippen MR) is 60.3 cm³/mol. The van der Waals surface area contributed by atoms with Crippen LogP contribution >= 0.6 is 0 Å². The van der Waals surface area contributed by atoms with Gasteiger partial charge in [0.25, 0.3) is 0 Å². The fourth-order valence-corrected chi connectivity index (χ4v) is 1.49. The van der Waals surface area contributed by atoms with Crippen molar-refractivity contribution in [2.75, 3.05) is 13.2 Å². The summed E-state index contributed by atoms with van der Waals surface area (Å²) in [5.41, 5.74) is 0. The van der Waals surface area contributed by atoms with E-state index in [9.17, 15) is 0 Å². The largest absolute Gasteiger partial charge is 0.353 e. The summed E-state index contributed by atoms with van der Waals surface area (Å²) in [6, 6.07) is 1.35. The van der Waals surface area contributed by atoms with Crippen molar-refractivity contribution in [2.45, 2.75) is 51.9 Å². The van der Waals surface area contributed by atoms with Gasteiger partial charge in [-0.15, -0.1) is 0 Å². The van der Waals surface area contributed by atoms with Crippen LogP contribution in [-0.4, -0.2) is 29.7 Å². The molecule has 0 atom stereocenters. The van der Waals surface area contributed by atoms with E-state index < -0.39 is 0 Å². The van der Waals surface area contributed by atoms with Gasteiger partial charge in [-0.3, -0.25) is 0 Å². The van der Waals surface area contributed by atoms with Crippen LogP contribution in [0.5, 0.6) is 0 Å². The normalized spacial score (nSPS) is 11.3. The smallest absolute Gasteiger partial charge is 0.157 e. The Balaban J connectivity index is 3.47. The van der Waals surface area contributed by atoms with Crippen LogP contribution in [-0.2, 0) is 9.47 Å². The third-order valence-corrected chi connectivity index (χ3v) is 2.52. The monoisotopic (exact) mass is 204 g/mol. The van der Waals surface area contributed by atoms with Gasteiger partial charge in [-0.05, 0) is 19.3 Å². The Morgan fingerprint density at radius 3 is 2.00 bits per heavy atom. The van der Waals surface area contributed by atoms with Gasteiger partial charge in [0.1, 0.15) is 0 Å². The number of hydrogen-bond acceptors (Lipinski definition) is 2. The van der Waals surface area contributed by atoms with Crippen LogP contribution in [0.4, 0.5) is 0 Å². The second kappa shape index (κ2) is 10.2. The minimum absolute atomic E-state index is 0.0637. The van der Waals surface area contributed by atoms with Crippen LogP contribution in [0.25, 0.3) is 0 Å². The fourth-order valence-electron chi connectivity index (χ4n) is 1.08. The van der Waals surface area contributed by atoms with Crippen molar-refractivity contribution in [2.24, 2.45) is 0 Å². The first-order valence-electron chi connectivity index (χ1n) is 5.58. The third kappa shape index (κ3) is 8.47. The topological polar surface area (TPSA) is 18.5 Å². The molecule has 0 aromatic carbocycles. The molecule has 0 saturated carbocycles. The van der Waals surface area contributed by atoms with Crippen molar-refractivity contribution in [3.8, 4) is 0 Å². The molecular weight excluding hydrogens is 180 g/mol. The highest BCUT2D eigenvalue weighted by Gasteiger charge is 2.06. The van der Waals surface area contributed by atoms with Gasteiger partial charge < -0.3 is 9.47 Å². The molecule has 3 heteroatoms. The van der Waals surface area contributed by atoms with Gasteiger partial charge >= 0.3 is 0 Å². The molecule has 13 heavy (non-hydrogen) atoms. The lowest BCUT2D eigenvalue weighted by Crippen LogP contribution is -2.18. The summed E-state index contributed by atoms with van der Waals surface area (Å²) in [7, 11) is 1.29. The van der Waals surface area contributed by atoms with Crippen LogP contribution in [0.3, 0.4) is 0 Å². The van der Waals surface area contributed by atoms with E-state index in [2.05, 4.69) is 13.8 Å². The van der Waals surface area contributed by atoms with Gasteiger partial charge in [0.2, 0.25) is 0 Å². The molecule has 0 unspecified atom stereocenters. The van der Waals surface area contributed by atoms with Crippen LogP contribution < -0.4 is 0 Å². The Morgan fingerprint density at radius 1 is 1.08 bits per heavy atom. The average Bonchev–Trinajstić information content (AvgIpc) is 2.17.